The van der Waals surface area contributed by atoms with Crippen molar-refractivity contribution in [3.63, 3.8) is 0 Å². The average molecular weight is 175 g/mol. The minimum Gasteiger partial charge on any atom is -0.465 e. The zero-order valence-electron chi connectivity index (χ0n) is 7.03. The van der Waals surface area contributed by atoms with Gasteiger partial charge in [0, 0.05) is 10.8 Å². The molecule has 0 bridgehead atoms. The van der Waals surface area contributed by atoms with Gasteiger partial charge in [-0.05, 0) is 12.1 Å². The molecule has 1 aromatic carbocycles. The third kappa shape index (κ3) is 1.28. The van der Waals surface area contributed by atoms with Crippen molar-refractivity contribution in [2.75, 3.05) is 7.11 Å². The Balaban J connectivity index is 2.54. The van der Waals surface area contributed by atoms with E-state index < -0.39 is 0 Å². The van der Waals surface area contributed by atoms with E-state index in [1.165, 1.54) is 7.11 Å². The van der Waals surface area contributed by atoms with Gasteiger partial charge in [-0.25, -0.2) is 4.79 Å². The SMILES string of the molecule is COC(=O)c1ccc2co[c]c2c1. The smallest absolute Gasteiger partial charge is 0.337 e. The van der Waals surface area contributed by atoms with Crippen molar-refractivity contribution in [2.45, 2.75) is 0 Å². The lowest BCUT2D eigenvalue weighted by atomic mass is 10.1. The van der Waals surface area contributed by atoms with Crippen LogP contribution in [0.1, 0.15) is 10.4 Å². The van der Waals surface area contributed by atoms with Crippen molar-refractivity contribution in [1.82, 2.24) is 0 Å². The Hall–Kier alpha value is -1.77. The Labute approximate surface area is 74.9 Å². The Morgan fingerprint density at radius 3 is 3.15 bits per heavy atom. The molecule has 13 heavy (non-hydrogen) atoms. The first kappa shape index (κ1) is 7.86. The fourth-order valence-corrected chi connectivity index (χ4v) is 1.15. The maximum Gasteiger partial charge on any atom is 0.337 e. The molecule has 0 unspecified atom stereocenters. The minimum absolute atomic E-state index is 0.350. The molecule has 0 saturated carbocycles. The van der Waals surface area contributed by atoms with Crippen LogP contribution in [0, 0.1) is 6.26 Å². The number of fused-ring (bicyclic) bond motifs is 1. The van der Waals surface area contributed by atoms with Crippen LogP contribution in [-0.4, -0.2) is 13.1 Å². The molecule has 0 atom stereocenters. The van der Waals surface area contributed by atoms with Gasteiger partial charge in [0.25, 0.3) is 0 Å². The Bertz CT molecular complexity index is 442. The van der Waals surface area contributed by atoms with E-state index in [0.29, 0.717) is 5.56 Å². The van der Waals surface area contributed by atoms with Crippen LogP contribution < -0.4 is 0 Å². The molecule has 0 amide bonds. The first-order valence-corrected chi connectivity index (χ1v) is 3.78. The van der Waals surface area contributed by atoms with E-state index in [-0.39, 0.29) is 5.97 Å². The second kappa shape index (κ2) is 2.94. The van der Waals surface area contributed by atoms with Crippen LogP contribution in [0.3, 0.4) is 0 Å². The Morgan fingerprint density at radius 2 is 2.38 bits per heavy atom. The third-order valence-corrected chi connectivity index (χ3v) is 1.83. The normalized spacial score (nSPS) is 10.2. The summed E-state index contributed by atoms with van der Waals surface area (Å²) in [6, 6.07) is 5.17. The minimum atomic E-state index is -0.350. The van der Waals surface area contributed by atoms with Crippen LogP contribution in [0.2, 0.25) is 0 Å². The van der Waals surface area contributed by atoms with Crippen LogP contribution in [0.4, 0.5) is 0 Å². The number of hydrogen-bond acceptors (Lipinski definition) is 3. The van der Waals surface area contributed by atoms with Gasteiger partial charge in [0.05, 0.1) is 18.9 Å². The summed E-state index contributed by atoms with van der Waals surface area (Å²) in [5.41, 5.74) is 0.507. The lowest BCUT2D eigenvalue weighted by Gasteiger charge is -1.97. The van der Waals surface area contributed by atoms with E-state index >= 15 is 0 Å². The van der Waals surface area contributed by atoms with E-state index in [4.69, 9.17) is 4.42 Å². The van der Waals surface area contributed by atoms with Crippen molar-refractivity contribution in [2.24, 2.45) is 0 Å². The highest BCUT2D eigenvalue weighted by atomic mass is 16.5. The van der Waals surface area contributed by atoms with Crippen molar-refractivity contribution in [3.8, 4) is 0 Å². The molecule has 0 saturated heterocycles. The first-order chi connectivity index (χ1) is 6.31. The predicted molar refractivity (Wildman–Crippen MR) is 46.4 cm³/mol. The number of methoxy groups -OCH3 is 1. The molecule has 0 aliphatic rings. The quantitative estimate of drug-likeness (QED) is 0.622. The van der Waals surface area contributed by atoms with Gasteiger partial charge in [0.1, 0.15) is 0 Å². The molecule has 0 spiro atoms. The summed E-state index contributed by atoms with van der Waals surface area (Å²) in [7, 11) is 1.35. The number of esters is 1. The monoisotopic (exact) mass is 175 g/mol. The number of ether oxygens (including phenoxy) is 1. The highest BCUT2D eigenvalue weighted by Crippen LogP contribution is 2.16. The molecule has 1 radical (unpaired) electrons. The third-order valence-electron chi connectivity index (χ3n) is 1.83. The van der Waals surface area contributed by atoms with Gasteiger partial charge in [0.15, 0.2) is 6.26 Å². The zero-order chi connectivity index (χ0) is 9.26. The molecule has 3 nitrogen and oxygen atoms in total. The van der Waals surface area contributed by atoms with Crippen LogP contribution >= 0.6 is 0 Å². The van der Waals surface area contributed by atoms with E-state index in [1.807, 2.05) is 0 Å². The van der Waals surface area contributed by atoms with Crippen molar-refractivity contribution in [3.05, 3.63) is 36.3 Å². The van der Waals surface area contributed by atoms with E-state index in [2.05, 4.69) is 11.0 Å². The summed E-state index contributed by atoms with van der Waals surface area (Å²) in [5.74, 6) is -0.350. The molecule has 0 N–H and O–H groups in total. The van der Waals surface area contributed by atoms with E-state index in [9.17, 15) is 4.79 Å². The maximum absolute atomic E-state index is 11.1. The number of hydrogen-bond donors (Lipinski definition) is 0. The van der Waals surface area contributed by atoms with Crippen LogP contribution in [0.5, 0.6) is 0 Å². The van der Waals surface area contributed by atoms with Gasteiger partial charge in [-0.1, -0.05) is 6.07 Å². The Morgan fingerprint density at radius 1 is 1.54 bits per heavy atom. The van der Waals surface area contributed by atoms with Gasteiger partial charge in [-0.2, -0.15) is 0 Å². The lowest BCUT2D eigenvalue weighted by molar-refractivity contribution is 0.0601. The van der Waals surface area contributed by atoms with Gasteiger partial charge >= 0.3 is 5.97 Å². The van der Waals surface area contributed by atoms with Crippen LogP contribution in [0.15, 0.2) is 28.9 Å². The molecular weight excluding hydrogens is 168 g/mol. The van der Waals surface area contributed by atoms with Gasteiger partial charge in [-0.15, -0.1) is 0 Å². The van der Waals surface area contributed by atoms with E-state index in [0.717, 1.165) is 10.8 Å². The molecule has 0 aliphatic heterocycles. The molecule has 2 aromatic rings. The number of carbonyl (C=O) groups excluding carboxylic acids is 1. The molecular formula is C10H7O3. The highest BCUT2D eigenvalue weighted by Gasteiger charge is 2.06. The van der Waals surface area contributed by atoms with Crippen LogP contribution in [0.25, 0.3) is 10.8 Å². The summed E-state index contributed by atoms with van der Waals surface area (Å²) < 4.78 is 9.43. The van der Waals surface area contributed by atoms with Gasteiger partial charge < -0.3 is 9.15 Å². The number of rotatable bonds is 1. The second-order valence-corrected chi connectivity index (χ2v) is 2.63. The molecule has 3 heteroatoms. The summed E-state index contributed by atoms with van der Waals surface area (Å²) >= 11 is 0. The van der Waals surface area contributed by atoms with E-state index in [1.54, 1.807) is 24.5 Å². The lowest BCUT2D eigenvalue weighted by Crippen LogP contribution is -1.99. The summed E-state index contributed by atoms with van der Waals surface area (Å²) in [5, 5.41) is 1.70. The predicted octanol–water partition coefficient (Wildman–Crippen LogP) is 2.02. The topological polar surface area (TPSA) is 39.4 Å². The molecule has 1 heterocycles. The van der Waals surface area contributed by atoms with Crippen molar-refractivity contribution in [1.29, 1.82) is 0 Å². The van der Waals surface area contributed by atoms with Crippen LogP contribution in [-0.2, 0) is 4.74 Å². The largest absolute Gasteiger partial charge is 0.465 e. The highest BCUT2D eigenvalue weighted by molar-refractivity contribution is 5.94. The van der Waals surface area contributed by atoms with Crippen molar-refractivity contribution >= 4 is 16.7 Å². The van der Waals surface area contributed by atoms with Crippen molar-refractivity contribution < 1.29 is 13.9 Å². The number of carbonyl (C=O) groups is 1. The summed E-state index contributed by atoms with van der Waals surface area (Å²) in [4.78, 5) is 11.1. The number of benzene rings is 1. The summed E-state index contributed by atoms with van der Waals surface area (Å²) in [6.45, 7) is 0. The zero-order valence-corrected chi connectivity index (χ0v) is 7.03. The second-order valence-electron chi connectivity index (χ2n) is 2.63. The molecule has 0 aliphatic carbocycles. The standard InChI is InChI=1S/C10H7O3/c1-12-10(11)7-2-3-8-5-13-6-9(8)4-7/h2-5H,1H3. The van der Waals surface area contributed by atoms with Gasteiger partial charge in [0.2, 0.25) is 0 Å². The first-order valence-electron chi connectivity index (χ1n) is 3.78. The number of furan rings is 1. The molecule has 2 rings (SSSR count). The van der Waals surface area contributed by atoms with Gasteiger partial charge in [-0.3, -0.25) is 0 Å². The molecule has 1 aromatic heterocycles. The Kier molecular flexibility index (Phi) is 1.77. The molecule has 0 fully saturated rings. The summed E-state index contributed by atoms with van der Waals surface area (Å²) in [6.07, 6.45) is 4.24. The average Bonchev–Trinajstić information content (AvgIpc) is 2.63. The maximum atomic E-state index is 11.1. The fraction of sp³-hybridized carbons (Fsp3) is 0.100. The fourth-order valence-electron chi connectivity index (χ4n) is 1.15. The molecule has 65 valence electrons.